The van der Waals surface area contributed by atoms with Crippen LogP contribution in [-0.2, 0) is 7.05 Å². The molecule has 1 unspecified atom stereocenters. The summed E-state index contributed by atoms with van der Waals surface area (Å²) in [7, 11) is 1.94. The molecule has 0 aliphatic rings. The Kier molecular flexibility index (Phi) is 6.18. The van der Waals surface area contributed by atoms with E-state index >= 15 is 0 Å². The molecule has 4 N–H and O–H groups in total. The molecular weight excluding hydrogens is 216 g/mol. The third kappa shape index (κ3) is 4.11. The maximum Gasteiger partial charge on any atom is 0.0540 e. The van der Waals surface area contributed by atoms with Gasteiger partial charge in [0.05, 0.1) is 6.20 Å². The van der Waals surface area contributed by atoms with Crippen molar-refractivity contribution in [3.8, 4) is 0 Å². The Hall–Kier alpha value is -0.910. The minimum Gasteiger partial charge on any atom is -0.396 e. The van der Waals surface area contributed by atoms with Gasteiger partial charge in [-0.2, -0.15) is 5.10 Å². The number of aryl methyl sites for hydroxylation is 1. The predicted octanol–water partition coefficient (Wildman–Crippen LogP) is 0.481. The van der Waals surface area contributed by atoms with E-state index < -0.39 is 0 Å². The highest BCUT2D eigenvalue weighted by molar-refractivity contribution is 5.20. The molecule has 5 heteroatoms. The van der Waals surface area contributed by atoms with Crippen LogP contribution >= 0.6 is 0 Å². The van der Waals surface area contributed by atoms with Crippen molar-refractivity contribution in [2.24, 2.45) is 12.8 Å². The van der Waals surface area contributed by atoms with Gasteiger partial charge >= 0.3 is 0 Å². The van der Waals surface area contributed by atoms with Gasteiger partial charge in [0, 0.05) is 37.5 Å². The molecule has 1 aromatic rings. The number of nitrogens with zero attached hydrogens (tertiary/aromatic N) is 2. The lowest BCUT2D eigenvalue weighted by Gasteiger charge is -2.16. The van der Waals surface area contributed by atoms with E-state index in [0.717, 1.165) is 31.5 Å². The third-order valence-electron chi connectivity index (χ3n) is 3.11. The fourth-order valence-corrected chi connectivity index (χ4v) is 1.87. The van der Waals surface area contributed by atoms with E-state index in [0.29, 0.717) is 6.54 Å². The molecule has 0 aliphatic heterocycles. The van der Waals surface area contributed by atoms with E-state index in [-0.39, 0.29) is 12.6 Å². The van der Waals surface area contributed by atoms with Gasteiger partial charge in [-0.05, 0) is 32.7 Å². The molecule has 1 aromatic heterocycles. The predicted molar refractivity (Wildman–Crippen MR) is 68.7 cm³/mol. The Bertz CT molecular complexity index is 324. The topological polar surface area (TPSA) is 76.1 Å². The summed E-state index contributed by atoms with van der Waals surface area (Å²) >= 11 is 0. The van der Waals surface area contributed by atoms with Gasteiger partial charge < -0.3 is 16.2 Å². The zero-order valence-electron chi connectivity index (χ0n) is 10.8. The molecule has 0 saturated heterocycles. The van der Waals surface area contributed by atoms with Gasteiger partial charge in [0.1, 0.15) is 0 Å². The van der Waals surface area contributed by atoms with Crippen molar-refractivity contribution in [3.05, 3.63) is 17.5 Å². The van der Waals surface area contributed by atoms with Crippen molar-refractivity contribution < 1.29 is 5.11 Å². The molecule has 0 bridgehead atoms. The molecule has 0 fully saturated rings. The van der Waals surface area contributed by atoms with Crippen LogP contribution in [0.15, 0.2) is 6.20 Å². The zero-order chi connectivity index (χ0) is 12.7. The van der Waals surface area contributed by atoms with E-state index in [4.69, 9.17) is 10.8 Å². The number of aliphatic hydroxyl groups is 1. The number of hydrogen-bond acceptors (Lipinski definition) is 4. The van der Waals surface area contributed by atoms with Crippen LogP contribution in [0.25, 0.3) is 0 Å². The monoisotopic (exact) mass is 240 g/mol. The normalized spacial score (nSPS) is 12.9. The van der Waals surface area contributed by atoms with E-state index in [1.165, 1.54) is 5.56 Å². The Morgan fingerprint density at radius 1 is 1.47 bits per heavy atom. The molecule has 1 heterocycles. The van der Waals surface area contributed by atoms with E-state index in [1.54, 1.807) is 0 Å². The molecule has 0 amide bonds. The second kappa shape index (κ2) is 7.42. The number of unbranched alkanes of at least 4 members (excludes halogenated alkanes) is 2. The summed E-state index contributed by atoms with van der Waals surface area (Å²) < 4.78 is 1.87. The summed E-state index contributed by atoms with van der Waals surface area (Å²) in [6.07, 6.45) is 4.87. The van der Waals surface area contributed by atoms with Gasteiger partial charge in [-0.3, -0.25) is 4.68 Å². The minimum atomic E-state index is 0.179. The first-order valence-electron chi connectivity index (χ1n) is 6.23. The minimum absolute atomic E-state index is 0.179. The largest absolute Gasteiger partial charge is 0.396 e. The average Bonchev–Trinajstić information content (AvgIpc) is 2.66. The van der Waals surface area contributed by atoms with Crippen LogP contribution in [0.5, 0.6) is 0 Å². The van der Waals surface area contributed by atoms with E-state index in [2.05, 4.69) is 17.3 Å². The van der Waals surface area contributed by atoms with Crippen LogP contribution in [0.3, 0.4) is 0 Å². The van der Waals surface area contributed by atoms with Crippen molar-refractivity contribution in [3.63, 3.8) is 0 Å². The van der Waals surface area contributed by atoms with E-state index in [1.807, 2.05) is 17.9 Å². The van der Waals surface area contributed by atoms with Gasteiger partial charge in [0.15, 0.2) is 0 Å². The second-order valence-electron chi connectivity index (χ2n) is 4.34. The molecular formula is C12H24N4O. The summed E-state index contributed by atoms with van der Waals surface area (Å²) in [6.45, 7) is 3.84. The van der Waals surface area contributed by atoms with Gasteiger partial charge in [-0.1, -0.05) is 0 Å². The van der Waals surface area contributed by atoms with Crippen LogP contribution < -0.4 is 11.1 Å². The maximum absolute atomic E-state index is 8.69. The quantitative estimate of drug-likeness (QED) is 0.578. The molecule has 1 atom stereocenters. The molecule has 0 aliphatic carbocycles. The molecule has 1 rings (SSSR count). The summed E-state index contributed by atoms with van der Waals surface area (Å²) in [5, 5.41) is 16.4. The Labute approximate surface area is 103 Å². The van der Waals surface area contributed by atoms with Gasteiger partial charge in [-0.15, -0.1) is 0 Å². The van der Waals surface area contributed by atoms with Crippen LogP contribution in [0.1, 0.15) is 36.6 Å². The Morgan fingerprint density at radius 2 is 2.24 bits per heavy atom. The first-order chi connectivity index (χ1) is 8.20. The summed E-state index contributed by atoms with van der Waals surface area (Å²) in [6, 6.07) is 0.179. The highest BCUT2D eigenvalue weighted by Crippen LogP contribution is 2.15. The van der Waals surface area contributed by atoms with Crippen molar-refractivity contribution in [2.45, 2.75) is 32.2 Å². The molecule has 0 spiro atoms. The van der Waals surface area contributed by atoms with Crippen molar-refractivity contribution in [2.75, 3.05) is 19.7 Å². The highest BCUT2D eigenvalue weighted by Gasteiger charge is 2.14. The van der Waals surface area contributed by atoms with Gasteiger partial charge in [-0.25, -0.2) is 0 Å². The fraction of sp³-hybridized carbons (Fsp3) is 0.750. The van der Waals surface area contributed by atoms with Crippen LogP contribution in [0.2, 0.25) is 0 Å². The fourth-order valence-electron chi connectivity index (χ4n) is 1.87. The van der Waals surface area contributed by atoms with Crippen molar-refractivity contribution in [1.29, 1.82) is 0 Å². The summed E-state index contributed by atoms with van der Waals surface area (Å²) in [5.41, 5.74) is 8.12. The lowest BCUT2D eigenvalue weighted by atomic mass is 10.1. The number of rotatable bonds is 8. The maximum atomic E-state index is 8.69. The first-order valence-corrected chi connectivity index (χ1v) is 6.23. The number of hydrogen-bond donors (Lipinski definition) is 3. The van der Waals surface area contributed by atoms with Gasteiger partial charge in [0.25, 0.3) is 0 Å². The lowest BCUT2D eigenvalue weighted by Crippen LogP contribution is -2.29. The lowest BCUT2D eigenvalue weighted by molar-refractivity contribution is 0.282. The van der Waals surface area contributed by atoms with E-state index in [9.17, 15) is 0 Å². The summed E-state index contributed by atoms with van der Waals surface area (Å²) in [5.74, 6) is 0. The Morgan fingerprint density at radius 3 is 2.76 bits per heavy atom. The van der Waals surface area contributed by atoms with Crippen LogP contribution in [0.4, 0.5) is 0 Å². The number of nitrogens with two attached hydrogens (primary N) is 1. The SMILES string of the molecule is Cc1c(C(CN)NCCCCCO)cnn1C. The molecule has 0 saturated carbocycles. The molecule has 5 nitrogen and oxygen atoms in total. The zero-order valence-corrected chi connectivity index (χ0v) is 10.8. The number of aromatic nitrogens is 2. The van der Waals surface area contributed by atoms with Crippen molar-refractivity contribution >= 4 is 0 Å². The molecule has 17 heavy (non-hydrogen) atoms. The van der Waals surface area contributed by atoms with Crippen LogP contribution in [0, 0.1) is 6.92 Å². The number of aliphatic hydroxyl groups excluding tert-OH is 1. The first kappa shape index (κ1) is 14.2. The highest BCUT2D eigenvalue weighted by atomic mass is 16.2. The standard InChI is InChI=1S/C12H24N4O/c1-10-11(9-15-16(10)2)12(8-13)14-6-4-3-5-7-17/h9,12,14,17H,3-8,13H2,1-2H3. The van der Waals surface area contributed by atoms with Gasteiger partial charge in [0.2, 0.25) is 0 Å². The number of nitrogens with one attached hydrogen (secondary N) is 1. The third-order valence-corrected chi connectivity index (χ3v) is 3.11. The second-order valence-corrected chi connectivity index (χ2v) is 4.34. The summed E-state index contributed by atoms with van der Waals surface area (Å²) in [4.78, 5) is 0. The smallest absolute Gasteiger partial charge is 0.0540 e. The Balaban J connectivity index is 2.41. The molecule has 98 valence electrons. The van der Waals surface area contributed by atoms with Crippen LogP contribution in [-0.4, -0.2) is 34.6 Å². The van der Waals surface area contributed by atoms with Crippen molar-refractivity contribution in [1.82, 2.24) is 15.1 Å². The molecule has 0 radical (unpaired) electrons. The molecule has 0 aromatic carbocycles. The average molecular weight is 240 g/mol.